The second-order valence-corrected chi connectivity index (χ2v) is 3.78. The Morgan fingerprint density at radius 1 is 1.57 bits per heavy atom. The monoisotopic (exact) mass is 192 g/mol. The van der Waals surface area contributed by atoms with Gasteiger partial charge in [-0.3, -0.25) is 0 Å². The van der Waals surface area contributed by atoms with Crippen molar-refractivity contribution in [1.82, 2.24) is 10.3 Å². The van der Waals surface area contributed by atoms with E-state index in [2.05, 4.69) is 10.3 Å². The van der Waals surface area contributed by atoms with Crippen LogP contribution >= 0.6 is 0 Å². The Kier molecular flexibility index (Phi) is 2.99. The molecule has 0 aromatic carbocycles. The molecule has 2 heterocycles. The van der Waals surface area contributed by atoms with Gasteiger partial charge in [0.2, 0.25) is 5.88 Å². The van der Waals surface area contributed by atoms with Gasteiger partial charge < -0.3 is 10.1 Å². The van der Waals surface area contributed by atoms with Gasteiger partial charge in [-0.1, -0.05) is 6.07 Å². The van der Waals surface area contributed by atoms with Gasteiger partial charge in [0.1, 0.15) is 6.61 Å². The van der Waals surface area contributed by atoms with Gasteiger partial charge in [-0.25, -0.2) is 4.98 Å². The van der Waals surface area contributed by atoms with E-state index in [-0.39, 0.29) is 0 Å². The maximum absolute atomic E-state index is 5.57. The minimum absolute atomic E-state index is 0.512. The number of nitrogens with one attached hydrogen (secondary N) is 1. The molecule has 3 heteroatoms. The SMILES string of the molecule is Cc1ccc(OCC2CCCN2)nc1. The van der Waals surface area contributed by atoms with Crippen molar-refractivity contribution in [3.63, 3.8) is 0 Å². The van der Waals surface area contributed by atoms with E-state index in [1.165, 1.54) is 12.8 Å². The molecule has 76 valence electrons. The Morgan fingerprint density at radius 2 is 2.50 bits per heavy atom. The molecule has 0 radical (unpaired) electrons. The van der Waals surface area contributed by atoms with Gasteiger partial charge >= 0.3 is 0 Å². The van der Waals surface area contributed by atoms with Gasteiger partial charge in [-0.05, 0) is 31.9 Å². The van der Waals surface area contributed by atoms with Crippen molar-refractivity contribution in [2.24, 2.45) is 0 Å². The van der Waals surface area contributed by atoms with Crippen molar-refractivity contribution in [3.05, 3.63) is 23.9 Å². The Bertz CT molecular complexity index is 278. The van der Waals surface area contributed by atoms with Gasteiger partial charge in [0, 0.05) is 18.3 Å². The highest BCUT2D eigenvalue weighted by molar-refractivity contribution is 5.16. The maximum atomic E-state index is 5.57. The molecule has 0 saturated carbocycles. The van der Waals surface area contributed by atoms with E-state index in [1.807, 2.05) is 25.3 Å². The number of pyridine rings is 1. The van der Waals surface area contributed by atoms with Crippen LogP contribution < -0.4 is 10.1 Å². The molecule has 1 N–H and O–H groups in total. The lowest BCUT2D eigenvalue weighted by atomic mass is 10.2. The normalized spacial score (nSPS) is 21.1. The molecular weight excluding hydrogens is 176 g/mol. The molecule has 1 aliphatic rings. The summed E-state index contributed by atoms with van der Waals surface area (Å²) in [4.78, 5) is 4.19. The largest absolute Gasteiger partial charge is 0.476 e. The van der Waals surface area contributed by atoms with E-state index in [0.29, 0.717) is 6.04 Å². The van der Waals surface area contributed by atoms with E-state index < -0.39 is 0 Å². The number of nitrogens with zero attached hydrogens (tertiary/aromatic N) is 1. The first-order valence-electron chi connectivity index (χ1n) is 5.13. The van der Waals surface area contributed by atoms with Crippen molar-refractivity contribution in [2.45, 2.75) is 25.8 Å². The van der Waals surface area contributed by atoms with Crippen molar-refractivity contribution >= 4 is 0 Å². The van der Waals surface area contributed by atoms with E-state index in [9.17, 15) is 0 Å². The van der Waals surface area contributed by atoms with Crippen LogP contribution in [0.5, 0.6) is 5.88 Å². The summed E-state index contributed by atoms with van der Waals surface area (Å²) < 4.78 is 5.57. The third-order valence-corrected chi connectivity index (χ3v) is 2.48. The summed E-state index contributed by atoms with van der Waals surface area (Å²) in [5.41, 5.74) is 1.16. The molecule has 1 saturated heterocycles. The zero-order valence-electron chi connectivity index (χ0n) is 8.49. The maximum Gasteiger partial charge on any atom is 0.213 e. The van der Waals surface area contributed by atoms with Crippen LogP contribution in [0.3, 0.4) is 0 Å². The first-order valence-corrected chi connectivity index (χ1v) is 5.13. The van der Waals surface area contributed by atoms with Gasteiger partial charge in [-0.2, -0.15) is 0 Å². The topological polar surface area (TPSA) is 34.1 Å². The lowest BCUT2D eigenvalue weighted by Crippen LogP contribution is -2.28. The summed E-state index contributed by atoms with van der Waals surface area (Å²) in [7, 11) is 0. The summed E-state index contributed by atoms with van der Waals surface area (Å²) in [6.07, 6.45) is 4.30. The van der Waals surface area contributed by atoms with Crippen molar-refractivity contribution in [3.8, 4) is 5.88 Å². The molecular formula is C11H16N2O. The van der Waals surface area contributed by atoms with Crippen LogP contribution in [0.25, 0.3) is 0 Å². The van der Waals surface area contributed by atoms with Crippen LogP contribution in [0.2, 0.25) is 0 Å². The van der Waals surface area contributed by atoms with Crippen LogP contribution in [-0.2, 0) is 0 Å². The molecule has 1 fully saturated rings. The number of aryl methyl sites for hydroxylation is 1. The van der Waals surface area contributed by atoms with Crippen molar-refractivity contribution < 1.29 is 4.74 Å². The zero-order chi connectivity index (χ0) is 9.80. The molecule has 1 atom stereocenters. The number of hydrogen-bond acceptors (Lipinski definition) is 3. The predicted octanol–water partition coefficient (Wildman–Crippen LogP) is 1.52. The number of ether oxygens (including phenoxy) is 1. The van der Waals surface area contributed by atoms with E-state index >= 15 is 0 Å². The summed E-state index contributed by atoms with van der Waals surface area (Å²) in [6, 6.07) is 4.45. The summed E-state index contributed by atoms with van der Waals surface area (Å²) in [6.45, 7) is 3.88. The molecule has 1 aliphatic heterocycles. The molecule has 2 rings (SSSR count). The van der Waals surface area contributed by atoms with Crippen molar-refractivity contribution in [2.75, 3.05) is 13.2 Å². The van der Waals surface area contributed by atoms with Crippen LogP contribution in [0.4, 0.5) is 0 Å². The zero-order valence-corrected chi connectivity index (χ0v) is 8.49. The average Bonchev–Trinajstić information content (AvgIpc) is 2.70. The molecule has 1 unspecified atom stereocenters. The summed E-state index contributed by atoms with van der Waals surface area (Å²) in [5, 5.41) is 3.39. The van der Waals surface area contributed by atoms with Crippen LogP contribution in [0, 0.1) is 6.92 Å². The minimum Gasteiger partial charge on any atom is -0.476 e. The number of aromatic nitrogens is 1. The lowest BCUT2D eigenvalue weighted by molar-refractivity contribution is 0.267. The van der Waals surface area contributed by atoms with E-state index in [0.717, 1.165) is 24.6 Å². The van der Waals surface area contributed by atoms with E-state index in [4.69, 9.17) is 4.74 Å². The summed E-state index contributed by atoms with van der Waals surface area (Å²) >= 11 is 0. The van der Waals surface area contributed by atoms with Gasteiger partial charge in [0.05, 0.1) is 0 Å². The van der Waals surface area contributed by atoms with Gasteiger partial charge in [-0.15, -0.1) is 0 Å². The third kappa shape index (κ3) is 2.45. The van der Waals surface area contributed by atoms with E-state index in [1.54, 1.807) is 0 Å². The third-order valence-electron chi connectivity index (χ3n) is 2.48. The predicted molar refractivity (Wildman–Crippen MR) is 55.5 cm³/mol. The quantitative estimate of drug-likeness (QED) is 0.788. The lowest BCUT2D eigenvalue weighted by Gasteiger charge is -2.10. The first kappa shape index (κ1) is 9.46. The van der Waals surface area contributed by atoms with Gasteiger partial charge in [0.15, 0.2) is 0 Å². The van der Waals surface area contributed by atoms with Gasteiger partial charge in [0.25, 0.3) is 0 Å². The van der Waals surface area contributed by atoms with Crippen LogP contribution in [-0.4, -0.2) is 24.2 Å². The fourth-order valence-corrected chi connectivity index (χ4v) is 1.62. The van der Waals surface area contributed by atoms with Crippen molar-refractivity contribution in [1.29, 1.82) is 0 Å². The van der Waals surface area contributed by atoms with Crippen LogP contribution in [0.1, 0.15) is 18.4 Å². The Balaban J connectivity index is 1.82. The standard InChI is InChI=1S/C11H16N2O/c1-9-4-5-11(13-7-9)14-8-10-3-2-6-12-10/h4-5,7,10,12H,2-3,6,8H2,1H3. The fourth-order valence-electron chi connectivity index (χ4n) is 1.62. The minimum atomic E-state index is 0.512. The smallest absolute Gasteiger partial charge is 0.213 e. The molecule has 3 nitrogen and oxygen atoms in total. The Hall–Kier alpha value is -1.09. The molecule has 1 aromatic rings. The highest BCUT2D eigenvalue weighted by Crippen LogP contribution is 2.10. The second-order valence-electron chi connectivity index (χ2n) is 3.78. The molecule has 1 aromatic heterocycles. The number of rotatable bonds is 3. The summed E-state index contributed by atoms with van der Waals surface area (Å²) in [5.74, 6) is 0.726. The molecule has 0 amide bonds. The highest BCUT2D eigenvalue weighted by atomic mass is 16.5. The average molecular weight is 192 g/mol. The molecule has 0 spiro atoms. The number of hydrogen-bond donors (Lipinski definition) is 1. The Labute approximate surface area is 84.5 Å². The Morgan fingerprint density at radius 3 is 3.14 bits per heavy atom. The first-order chi connectivity index (χ1) is 6.84. The second kappa shape index (κ2) is 4.42. The highest BCUT2D eigenvalue weighted by Gasteiger charge is 2.14. The molecule has 0 bridgehead atoms. The van der Waals surface area contributed by atoms with Crippen LogP contribution in [0.15, 0.2) is 18.3 Å². The molecule has 14 heavy (non-hydrogen) atoms. The fraction of sp³-hybridized carbons (Fsp3) is 0.545. The molecule has 0 aliphatic carbocycles.